The van der Waals surface area contributed by atoms with E-state index in [1.807, 2.05) is 0 Å². The van der Waals surface area contributed by atoms with Crippen LogP contribution in [-0.4, -0.2) is 26.2 Å². The van der Waals surface area contributed by atoms with E-state index in [0.29, 0.717) is 18.9 Å². The molecule has 120 valence electrons. The summed E-state index contributed by atoms with van der Waals surface area (Å²) in [7, 11) is 0. The molecule has 1 aromatic rings. The third-order valence-electron chi connectivity index (χ3n) is 3.44. The van der Waals surface area contributed by atoms with Gasteiger partial charge >= 0.3 is 0 Å². The summed E-state index contributed by atoms with van der Waals surface area (Å²) in [5, 5.41) is 3.46. The Hall–Kier alpha value is -1.00. The molecule has 0 spiro atoms. The van der Waals surface area contributed by atoms with Crippen LogP contribution in [0.2, 0.25) is 0 Å². The van der Waals surface area contributed by atoms with Gasteiger partial charge in [0.25, 0.3) is 6.43 Å². The second kappa shape index (κ2) is 9.85. The van der Waals surface area contributed by atoms with Gasteiger partial charge in [0, 0.05) is 12.6 Å². The van der Waals surface area contributed by atoms with E-state index in [0.717, 1.165) is 13.0 Å². The molecule has 0 aliphatic heterocycles. The van der Waals surface area contributed by atoms with Crippen LogP contribution < -0.4 is 5.32 Å². The number of benzene rings is 1. The molecule has 1 unspecified atom stereocenters. The molecule has 0 saturated heterocycles. The highest BCUT2D eigenvalue weighted by Gasteiger charge is 2.12. The second-order valence-electron chi connectivity index (χ2n) is 5.58. The fourth-order valence-electron chi connectivity index (χ4n) is 2.19. The maximum atomic E-state index is 12.1. The topological polar surface area (TPSA) is 21.3 Å². The van der Waals surface area contributed by atoms with Crippen LogP contribution in [-0.2, 0) is 4.74 Å². The lowest BCUT2D eigenvalue weighted by Crippen LogP contribution is -2.24. The molecule has 1 rings (SSSR count). The van der Waals surface area contributed by atoms with Crippen molar-refractivity contribution >= 4 is 0 Å². The van der Waals surface area contributed by atoms with Gasteiger partial charge in [-0.25, -0.2) is 8.78 Å². The lowest BCUT2D eigenvalue weighted by Gasteiger charge is -2.20. The van der Waals surface area contributed by atoms with Crippen LogP contribution in [0, 0.1) is 0 Å². The molecule has 0 heterocycles. The summed E-state index contributed by atoms with van der Waals surface area (Å²) in [5.74, 6) is 0.510. The van der Waals surface area contributed by atoms with Gasteiger partial charge in [-0.2, -0.15) is 0 Å². The quantitative estimate of drug-likeness (QED) is 0.641. The SMILES string of the molecule is CCCNC(CCOCC(F)F)c1ccc(C(C)C)cc1. The van der Waals surface area contributed by atoms with Gasteiger partial charge in [0.05, 0.1) is 0 Å². The molecule has 2 nitrogen and oxygen atoms in total. The van der Waals surface area contributed by atoms with Crippen molar-refractivity contribution in [2.75, 3.05) is 19.8 Å². The summed E-state index contributed by atoms with van der Waals surface area (Å²) < 4.78 is 29.1. The lowest BCUT2D eigenvalue weighted by molar-refractivity contribution is 0.0143. The first-order valence-corrected chi connectivity index (χ1v) is 7.73. The fourth-order valence-corrected chi connectivity index (χ4v) is 2.19. The maximum Gasteiger partial charge on any atom is 0.261 e. The Morgan fingerprint density at radius 1 is 1.10 bits per heavy atom. The van der Waals surface area contributed by atoms with E-state index < -0.39 is 13.0 Å². The van der Waals surface area contributed by atoms with E-state index in [-0.39, 0.29) is 6.04 Å². The summed E-state index contributed by atoms with van der Waals surface area (Å²) in [6, 6.07) is 8.68. The normalized spacial score (nSPS) is 13.1. The van der Waals surface area contributed by atoms with E-state index in [1.165, 1.54) is 11.1 Å². The second-order valence-corrected chi connectivity index (χ2v) is 5.58. The van der Waals surface area contributed by atoms with Gasteiger partial charge in [-0.3, -0.25) is 0 Å². The molecule has 0 bridgehead atoms. The zero-order valence-corrected chi connectivity index (χ0v) is 13.2. The van der Waals surface area contributed by atoms with Gasteiger partial charge in [0.2, 0.25) is 0 Å². The molecular weight excluding hydrogens is 272 g/mol. The zero-order chi connectivity index (χ0) is 15.7. The Bertz CT molecular complexity index is 379. The Morgan fingerprint density at radius 2 is 1.71 bits per heavy atom. The van der Waals surface area contributed by atoms with Crippen molar-refractivity contribution in [2.45, 2.75) is 52.0 Å². The smallest absolute Gasteiger partial charge is 0.261 e. The lowest BCUT2D eigenvalue weighted by atomic mass is 9.98. The summed E-state index contributed by atoms with van der Waals surface area (Å²) in [4.78, 5) is 0. The monoisotopic (exact) mass is 299 g/mol. The molecule has 0 aliphatic carbocycles. The largest absolute Gasteiger partial charge is 0.375 e. The standard InChI is InChI=1S/C17H27F2NO/c1-4-10-20-16(9-11-21-12-17(18)19)15-7-5-14(6-8-15)13(2)3/h5-8,13,16-17,20H,4,9-12H2,1-3H3. The molecule has 0 aromatic heterocycles. The molecule has 0 saturated carbocycles. The van der Waals surface area contributed by atoms with Crippen molar-refractivity contribution in [3.63, 3.8) is 0 Å². The van der Waals surface area contributed by atoms with Gasteiger partial charge in [0.1, 0.15) is 6.61 Å². The molecule has 21 heavy (non-hydrogen) atoms. The molecule has 4 heteroatoms. The van der Waals surface area contributed by atoms with Crippen molar-refractivity contribution < 1.29 is 13.5 Å². The average molecular weight is 299 g/mol. The molecule has 0 aliphatic rings. The molecule has 0 amide bonds. The molecule has 1 aromatic carbocycles. The van der Waals surface area contributed by atoms with Gasteiger partial charge in [-0.15, -0.1) is 0 Å². The van der Waals surface area contributed by atoms with Crippen molar-refractivity contribution in [1.29, 1.82) is 0 Å². The first-order valence-electron chi connectivity index (χ1n) is 7.73. The Labute approximate surface area is 126 Å². The zero-order valence-electron chi connectivity index (χ0n) is 13.2. The predicted molar refractivity (Wildman–Crippen MR) is 83.0 cm³/mol. The van der Waals surface area contributed by atoms with Crippen LogP contribution in [0.3, 0.4) is 0 Å². The maximum absolute atomic E-state index is 12.1. The van der Waals surface area contributed by atoms with Crippen LogP contribution >= 0.6 is 0 Å². The van der Waals surface area contributed by atoms with Crippen molar-refractivity contribution in [3.8, 4) is 0 Å². The minimum atomic E-state index is -2.39. The van der Waals surface area contributed by atoms with Gasteiger partial charge < -0.3 is 10.1 Å². The molecule has 1 N–H and O–H groups in total. The van der Waals surface area contributed by atoms with Crippen molar-refractivity contribution in [3.05, 3.63) is 35.4 Å². The van der Waals surface area contributed by atoms with E-state index in [2.05, 4.69) is 50.4 Å². The van der Waals surface area contributed by atoms with Crippen LogP contribution in [0.5, 0.6) is 0 Å². The van der Waals surface area contributed by atoms with Crippen LogP contribution in [0.1, 0.15) is 56.7 Å². The summed E-state index contributed by atoms with van der Waals surface area (Å²) in [5.41, 5.74) is 2.50. The van der Waals surface area contributed by atoms with Gasteiger partial charge in [-0.05, 0) is 36.4 Å². The first-order chi connectivity index (χ1) is 10.0. The summed E-state index contributed by atoms with van der Waals surface area (Å²) in [6.07, 6.45) is -0.649. The van der Waals surface area contributed by atoms with Gasteiger partial charge in [0.15, 0.2) is 0 Å². The Balaban J connectivity index is 2.58. The summed E-state index contributed by atoms with van der Waals surface area (Å²) in [6.45, 7) is 7.22. The number of hydrogen-bond acceptors (Lipinski definition) is 2. The molecule has 0 fully saturated rings. The number of hydrogen-bond donors (Lipinski definition) is 1. The highest BCUT2D eigenvalue weighted by Crippen LogP contribution is 2.21. The highest BCUT2D eigenvalue weighted by atomic mass is 19.3. The minimum absolute atomic E-state index is 0.156. The Morgan fingerprint density at radius 3 is 2.24 bits per heavy atom. The van der Waals surface area contributed by atoms with E-state index in [1.54, 1.807) is 0 Å². The van der Waals surface area contributed by atoms with E-state index >= 15 is 0 Å². The predicted octanol–water partition coefficient (Wildman–Crippen LogP) is 4.52. The molecule has 1 atom stereocenters. The van der Waals surface area contributed by atoms with Crippen molar-refractivity contribution in [1.82, 2.24) is 5.32 Å². The van der Waals surface area contributed by atoms with E-state index in [4.69, 9.17) is 4.74 Å². The minimum Gasteiger partial charge on any atom is -0.375 e. The summed E-state index contributed by atoms with van der Waals surface area (Å²) >= 11 is 0. The highest BCUT2D eigenvalue weighted by molar-refractivity contribution is 5.26. The average Bonchev–Trinajstić information content (AvgIpc) is 2.46. The first kappa shape index (κ1) is 18.1. The third kappa shape index (κ3) is 7.00. The third-order valence-corrected chi connectivity index (χ3v) is 3.44. The molecule has 0 radical (unpaired) electrons. The number of alkyl halides is 2. The van der Waals surface area contributed by atoms with Crippen LogP contribution in [0.25, 0.3) is 0 Å². The van der Waals surface area contributed by atoms with Crippen LogP contribution in [0.15, 0.2) is 24.3 Å². The molecular formula is C17H27F2NO. The Kier molecular flexibility index (Phi) is 8.47. The number of nitrogens with one attached hydrogen (secondary N) is 1. The van der Waals surface area contributed by atoms with Gasteiger partial charge in [-0.1, -0.05) is 45.0 Å². The fraction of sp³-hybridized carbons (Fsp3) is 0.647. The number of halogens is 2. The van der Waals surface area contributed by atoms with Crippen molar-refractivity contribution in [2.24, 2.45) is 0 Å². The van der Waals surface area contributed by atoms with Crippen LogP contribution in [0.4, 0.5) is 8.78 Å². The number of rotatable bonds is 10. The van der Waals surface area contributed by atoms with E-state index in [9.17, 15) is 8.78 Å². The number of ether oxygens (including phenoxy) is 1.